The molecule has 1 amide bonds. The van der Waals surface area contributed by atoms with Crippen LogP contribution in [0.2, 0.25) is 0 Å². The zero-order chi connectivity index (χ0) is 18.1. The van der Waals surface area contributed by atoms with Crippen LogP contribution in [-0.4, -0.2) is 53.8 Å². The first-order chi connectivity index (χ1) is 12.6. The Labute approximate surface area is 152 Å². The Balaban J connectivity index is 1.41. The molecular formula is C19H23N3O4. The van der Waals surface area contributed by atoms with Crippen molar-refractivity contribution in [2.75, 3.05) is 33.0 Å². The van der Waals surface area contributed by atoms with Crippen LogP contribution < -0.4 is 9.47 Å². The summed E-state index contributed by atoms with van der Waals surface area (Å²) in [5.74, 6) is 2.26. The van der Waals surface area contributed by atoms with Crippen LogP contribution in [0.1, 0.15) is 33.8 Å². The fraction of sp³-hybridized carbons (Fsp3) is 0.474. The van der Waals surface area contributed by atoms with Crippen molar-refractivity contribution >= 4 is 5.91 Å². The topological polar surface area (TPSA) is 68.0 Å². The predicted octanol–water partition coefficient (Wildman–Crippen LogP) is 2.37. The molecule has 2 aliphatic rings. The molecule has 0 aliphatic carbocycles. The van der Waals surface area contributed by atoms with Crippen LogP contribution in [-0.2, 0) is 6.54 Å². The van der Waals surface area contributed by atoms with E-state index in [9.17, 15) is 4.79 Å². The van der Waals surface area contributed by atoms with Crippen molar-refractivity contribution in [3.8, 4) is 11.5 Å². The highest BCUT2D eigenvalue weighted by Gasteiger charge is 2.23. The average molecular weight is 357 g/mol. The average Bonchev–Trinajstić information content (AvgIpc) is 3.15. The van der Waals surface area contributed by atoms with Gasteiger partial charge in [-0.3, -0.25) is 9.69 Å². The molecule has 4 rings (SSSR count). The number of hydrogen-bond acceptors (Lipinski definition) is 6. The first kappa shape index (κ1) is 16.9. The van der Waals surface area contributed by atoms with E-state index in [4.69, 9.17) is 14.0 Å². The minimum absolute atomic E-state index is 0.0440. The Morgan fingerprint density at radius 2 is 1.96 bits per heavy atom. The number of nitrogens with zero attached hydrogens (tertiary/aromatic N) is 3. The SMILES string of the molecule is Cc1noc(C)c1CN1CCCN(C(=O)c2ccc3c(c2)OCO3)CC1. The standard InChI is InChI=1S/C19H23N3O4/c1-13-16(14(2)26-20-13)11-21-6-3-7-22(9-8-21)19(23)15-4-5-17-18(10-15)25-12-24-17/h4-5,10H,3,6-9,11-12H2,1-2H3. The highest BCUT2D eigenvalue weighted by atomic mass is 16.7. The molecule has 1 fully saturated rings. The van der Waals surface area contributed by atoms with E-state index < -0.39 is 0 Å². The highest BCUT2D eigenvalue weighted by molar-refractivity contribution is 5.95. The van der Waals surface area contributed by atoms with E-state index in [-0.39, 0.29) is 12.7 Å². The fourth-order valence-electron chi connectivity index (χ4n) is 3.50. The summed E-state index contributed by atoms with van der Waals surface area (Å²) in [5, 5.41) is 4.03. The Morgan fingerprint density at radius 1 is 1.12 bits per heavy atom. The molecule has 0 radical (unpaired) electrons. The van der Waals surface area contributed by atoms with Crippen LogP contribution in [0.15, 0.2) is 22.7 Å². The first-order valence-electron chi connectivity index (χ1n) is 8.95. The summed E-state index contributed by atoms with van der Waals surface area (Å²) in [6.07, 6.45) is 0.944. The molecule has 7 heteroatoms. The second-order valence-electron chi connectivity index (χ2n) is 6.79. The van der Waals surface area contributed by atoms with E-state index >= 15 is 0 Å². The Kier molecular flexibility index (Phi) is 4.55. The molecule has 1 aromatic carbocycles. The Morgan fingerprint density at radius 3 is 2.77 bits per heavy atom. The zero-order valence-electron chi connectivity index (χ0n) is 15.2. The van der Waals surface area contributed by atoms with E-state index in [1.807, 2.05) is 24.8 Å². The number of aromatic nitrogens is 1. The first-order valence-corrected chi connectivity index (χ1v) is 8.95. The molecule has 2 aliphatic heterocycles. The number of fused-ring (bicyclic) bond motifs is 1. The van der Waals surface area contributed by atoms with Crippen molar-refractivity contribution in [3.63, 3.8) is 0 Å². The number of rotatable bonds is 3. The molecule has 0 atom stereocenters. The third-order valence-electron chi connectivity index (χ3n) is 5.06. The minimum Gasteiger partial charge on any atom is -0.454 e. The number of hydrogen-bond donors (Lipinski definition) is 0. The second kappa shape index (κ2) is 6.99. The zero-order valence-corrected chi connectivity index (χ0v) is 15.2. The second-order valence-corrected chi connectivity index (χ2v) is 6.79. The van der Waals surface area contributed by atoms with Crippen LogP contribution in [0.25, 0.3) is 0 Å². The smallest absolute Gasteiger partial charge is 0.254 e. The predicted molar refractivity (Wildman–Crippen MR) is 94.3 cm³/mol. The highest BCUT2D eigenvalue weighted by Crippen LogP contribution is 2.32. The Bertz CT molecular complexity index is 798. The number of amides is 1. The molecule has 3 heterocycles. The lowest BCUT2D eigenvalue weighted by atomic mass is 10.1. The lowest BCUT2D eigenvalue weighted by Gasteiger charge is -2.22. The summed E-state index contributed by atoms with van der Waals surface area (Å²) < 4.78 is 16.0. The molecule has 0 N–H and O–H groups in total. The minimum atomic E-state index is 0.0440. The Hall–Kier alpha value is -2.54. The van der Waals surface area contributed by atoms with Gasteiger partial charge >= 0.3 is 0 Å². The molecule has 0 spiro atoms. The summed E-state index contributed by atoms with van der Waals surface area (Å²) in [4.78, 5) is 17.2. The normalized spacial score (nSPS) is 17.4. The van der Waals surface area contributed by atoms with Crippen LogP contribution in [0.3, 0.4) is 0 Å². The number of ether oxygens (including phenoxy) is 2. The number of benzene rings is 1. The van der Waals surface area contributed by atoms with Gasteiger partial charge in [-0.05, 0) is 38.5 Å². The van der Waals surface area contributed by atoms with Gasteiger partial charge in [-0.2, -0.15) is 0 Å². The summed E-state index contributed by atoms with van der Waals surface area (Å²) >= 11 is 0. The van der Waals surface area contributed by atoms with E-state index in [1.165, 1.54) is 0 Å². The fourth-order valence-corrected chi connectivity index (χ4v) is 3.50. The van der Waals surface area contributed by atoms with Crippen molar-refractivity contribution < 1.29 is 18.8 Å². The van der Waals surface area contributed by atoms with Gasteiger partial charge in [-0.15, -0.1) is 0 Å². The summed E-state index contributed by atoms with van der Waals surface area (Å²) in [6.45, 7) is 8.19. The van der Waals surface area contributed by atoms with Crippen molar-refractivity contribution in [1.82, 2.24) is 15.0 Å². The van der Waals surface area contributed by atoms with Gasteiger partial charge in [0.2, 0.25) is 6.79 Å². The molecule has 26 heavy (non-hydrogen) atoms. The van der Waals surface area contributed by atoms with Crippen molar-refractivity contribution in [2.45, 2.75) is 26.8 Å². The van der Waals surface area contributed by atoms with Gasteiger partial charge in [0.15, 0.2) is 11.5 Å². The molecule has 7 nitrogen and oxygen atoms in total. The number of aryl methyl sites for hydroxylation is 2. The number of carbonyl (C=O) groups excluding carboxylic acids is 1. The van der Waals surface area contributed by atoms with Gasteiger partial charge in [-0.1, -0.05) is 5.16 Å². The van der Waals surface area contributed by atoms with E-state index in [2.05, 4.69) is 10.1 Å². The third-order valence-corrected chi connectivity index (χ3v) is 5.06. The lowest BCUT2D eigenvalue weighted by molar-refractivity contribution is 0.0760. The summed E-state index contributed by atoms with van der Waals surface area (Å²) in [5.41, 5.74) is 2.74. The molecular weight excluding hydrogens is 334 g/mol. The summed E-state index contributed by atoms with van der Waals surface area (Å²) in [6, 6.07) is 5.39. The molecule has 0 saturated carbocycles. The lowest BCUT2D eigenvalue weighted by Crippen LogP contribution is -2.35. The monoisotopic (exact) mass is 357 g/mol. The van der Waals surface area contributed by atoms with Gasteiger partial charge < -0.3 is 18.9 Å². The molecule has 0 bridgehead atoms. The maximum Gasteiger partial charge on any atom is 0.254 e. The van der Waals surface area contributed by atoms with Crippen molar-refractivity contribution in [3.05, 3.63) is 40.8 Å². The van der Waals surface area contributed by atoms with E-state index in [0.717, 1.165) is 49.6 Å². The van der Waals surface area contributed by atoms with Crippen LogP contribution in [0, 0.1) is 13.8 Å². The molecule has 2 aromatic rings. The van der Waals surface area contributed by atoms with E-state index in [0.29, 0.717) is 23.6 Å². The van der Waals surface area contributed by atoms with Gasteiger partial charge in [0.25, 0.3) is 5.91 Å². The molecule has 138 valence electrons. The molecule has 1 saturated heterocycles. The van der Waals surface area contributed by atoms with Gasteiger partial charge in [0, 0.05) is 43.9 Å². The van der Waals surface area contributed by atoms with Crippen LogP contribution >= 0.6 is 0 Å². The van der Waals surface area contributed by atoms with Crippen molar-refractivity contribution in [1.29, 1.82) is 0 Å². The van der Waals surface area contributed by atoms with E-state index in [1.54, 1.807) is 12.1 Å². The molecule has 1 aromatic heterocycles. The number of carbonyl (C=O) groups is 1. The van der Waals surface area contributed by atoms with Crippen LogP contribution in [0.4, 0.5) is 0 Å². The quantitative estimate of drug-likeness (QED) is 0.840. The van der Waals surface area contributed by atoms with Crippen LogP contribution in [0.5, 0.6) is 11.5 Å². The molecule has 0 unspecified atom stereocenters. The van der Waals surface area contributed by atoms with Gasteiger partial charge in [0.05, 0.1) is 5.69 Å². The maximum atomic E-state index is 12.9. The third kappa shape index (κ3) is 3.26. The van der Waals surface area contributed by atoms with Crippen molar-refractivity contribution in [2.24, 2.45) is 0 Å². The van der Waals surface area contributed by atoms with Gasteiger partial charge in [-0.25, -0.2) is 0 Å². The largest absolute Gasteiger partial charge is 0.454 e. The van der Waals surface area contributed by atoms with Gasteiger partial charge in [0.1, 0.15) is 5.76 Å². The summed E-state index contributed by atoms with van der Waals surface area (Å²) in [7, 11) is 0. The maximum absolute atomic E-state index is 12.9.